The Labute approximate surface area is 154 Å². The standard InChI is InChI=1S/C19H29N3O4/c23-16-11-14(2-7-20-16)12-22-17(24)3-8-21(18(22)25)13-15-1-4-19(15)5-9-26-10-6-19/h14-15H,1-13H2,(H,20,23). The second-order valence-corrected chi connectivity index (χ2v) is 8.40. The van der Waals surface area contributed by atoms with E-state index in [1.165, 1.54) is 17.7 Å². The van der Waals surface area contributed by atoms with Crippen LogP contribution in [0.25, 0.3) is 0 Å². The van der Waals surface area contributed by atoms with Crippen LogP contribution < -0.4 is 5.32 Å². The molecule has 0 aromatic heterocycles. The highest BCUT2D eigenvalue weighted by molar-refractivity contribution is 5.96. The summed E-state index contributed by atoms with van der Waals surface area (Å²) in [5.74, 6) is 0.547. The first-order chi connectivity index (χ1) is 12.6. The third-order valence-corrected chi connectivity index (χ3v) is 6.97. The second kappa shape index (κ2) is 7.18. The van der Waals surface area contributed by atoms with E-state index in [0.29, 0.717) is 43.8 Å². The zero-order chi connectivity index (χ0) is 18.1. The van der Waals surface area contributed by atoms with Gasteiger partial charge < -0.3 is 15.0 Å². The van der Waals surface area contributed by atoms with Crippen LogP contribution in [0.2, 0.25) is 0 Å². The number of carbonyl (C=O) groups is 3. The van der Waals surface area contributed by atoms with Gasteiger partial charge in [-0.1, -0.05) is 0 Å². The normalized spacial score (nSPS) is 31.8. The Hall–Kier alpha value is -1.63. The Morgan fingerprint density at radius 1 is 1.08 bits per heavy atom. The summed E-state index contributed by atoms with van der Waals surface area (Å²) < 4.78 is 5.52. The molecule has 3 aliphatic heterocycles. The van der Waals surface area contributed by atoms with Crippen LogP contribution >= 0.6 is 0 Å². The largest absolute Gasteiger partial charge is 0.381 e. The molecule has 4 aliphatic rings. The number of carbonyl (C=O) groups excluding carboxylic acids is 3. The highest BCUT2D eigenvalue weighted by Gasteiger charge is 2.48. The van der Waals surface area contributed by atoms with Gasteiger partial charge in [-0.3, -0.25) is 14.5 Å². The number of urea groups is 1. The molecule has 7 heteroatoms. The van der Waals surface area contributed by atoms with Crippen LogP contribution in [0.1, 0.15) is 44.9 Å². The van der Waals surface area contributed by atoms with Gasteiger partial charge in [-0.15, -0.1) is 0 Å². The monoisotopic (exact) mass is 363 g/mol. The van der Waals surface area contributed by atoms with Crippen molar-refractivity contribution in [1.82, 2.24) is 15.1 Å². The molecule has 2 unspecified atom stereocenters. The lowest BCUT2D eigenvalue weighted by Crippen LogP contribution is -2.58. The third kappa shape index (κ3) is 3.33. The predicted octanol–water partition coefficient (Wildman–Crippen LogP) is 1.37. The molecule has 0 bridgehead atoms. The average molecular weight is 363 g/mol. The SMILES string of the molecule is O=C1CC(CN2C(=O)CCN(CC3CCC34CCOCC4)C2=O)CCN1. The van der Waals surface area contributed by atoms with Gasteiger partial charge in [0.25, 0.3) is 0 Å². The first-order valence-electron chi connectivity index (χ1n) is 10.0. The van der Waals surface area contributed by atoms with Gasteiger partial charge in [0.05, 0.1) is 0 Å². The van der Waals surface area contributed by atoms with E-state index in [1.54, 1.807) is 0 Å². The molecule has 4 rings (SSSR count). The third-order valence-electron chi connectivity index (χ3n) is 6.97. The predicted molar refractivity (Wildman–Crippen MR) is 94.2 cm³/mol. The number of nitrogens with one attached hydrogen (secondary N) is 1. The molecule has 2 atom stereocenters. The Kier molecular flexibility index (Phi) is 4.90. The topological polar surface area (TPSA) is 79.0 Å². The number of hydrogen-bond donors (Lipinski definition) is 1. The van der Waals surface area contributed by atoms with Crippen molar-refractivity contribution in [1.29, 1.82) is 0 Å². The zero-order valence-corrected chi connectivity index (χ0v) is 15.4. The van der Waals surface area contributed by atoms with Crippen LogP contribution in [-0.2, 0) is 14.3 Å². The smallest absolute Gasteiger partial charge is 0.326 e. The molecule has 26 heavy (non-hydrogen) atoms. The molecular weight excluding hydrogens is 334 g/mol. The maximum absolute atomic E-state index is 12.9. The van der Waals surface area contributed by atoms with Crippen molar-refractivity contribution in [2.45, 2.75) is 44.9 Å². The van der Waals surface area contributed by atoms with Gasteiger partial charge in [-0.25, -0.2) is 4.79 Å². The molecule has 0 aromatic carbocycles. The zero-order valence-electron chi connectivity index (χ0n) is 15.4. The van der Waals surface area contributed by atoms with Crippen LogP contribution in [-0.4, -0.2) is 67.0 Å². The summed E-state index contributed by atoms with van der Waals surface area (Å²) in [5, 5.41) is 2.81. The van der Waals surface area contributed by atoms with E-state index in [9.17, 15) is 14.4 Å². The summed E-state index contributed by atoms with van der Waals surface area (Å²) in [5.41, 5.74) is 0.353. The molecule has 1 N–H and O–H groups in total. The summed E-state index contributed by atoms with van der Waals surface area (Å²) >= 11 is 0. The first kappa shape index (κ1) is 17.8. The number of nitrogens with zero attached hydrogens (tertiary/aromatic N) is 2. The fourth-order valence-electron chi connectivity index (χ4n) is 5.10. The van der Waals surface area contributed by atoms with Gasteiger partial charge >= 0.3 is 6.03 Å². The van der Waals surface area contributed by atoms with Gasteiger partial charge in [0.1, 0.15) is 0 Å². The number of ether oxygens (including phenoxy) is 1. The van der Waals surface area contributed by atoms with Crippen molar-refractivity contribution in [3.63, 3.8) is 0 Å². The number of imide groups is 1. The minimum absolute atomic E-state index is 0.0194. The van der Waals surface area contributed by atoms with E-state index in [0.717, 1.165) is 39.0 Å². The number of piperidine rings is 1. The van der Waals surface area contributed by atoms with E-state index in [2.05, 4.69) is 5.32 Å². The molecule has 1 spiro atoms. The van der Waals surface area contributed by atoms with Crippen molar-refractivity contribution in [2.75, 3.05) is 39.4 Å². The summed E-state index contributed by atoms with van der Waals surface area (Å²) in [6, 6.07) is -0.152. The fraction of sp³-hybridized carbons (Fsp3) is 0.842. The summed E-state index contributed by atoms with van der Waals surface area (Å²) in [6.45, 7) is 3.97. The molecule has 3 heterocycles. The second-order valence-electron chi connectivity index (χ2n) is 8.40. The van der Waals surface area contributed by atoms with Crippen LogP contribution in [0.5, 0.6) is 0 Å². The Balaban J connectivity index is 1.37. The lowest BCUT2D eigenvalue weighted by atomic mass is 9.56. The summed E-state index contributed by atoms with van der Waals surface area (Å²) in [6.07, 6.45) is 6.23. The van der Waals surface area contributed by atoms with Crippen LogP contribution in [0.3, 0.4) is 0 Å². The minimum Gasteiger partial charge on any atom is -0.381 e. The quantitative estimate of drug-likeness (QED) is 0.818. The lowest BCUT2D eigenvalue weighted by Gasteiger charge is -2.53. The minimum atomic E-state index is -0.152. The van der Waals surface area contributed by atoms with Crippen molar-refractivity contribution in [3.05, 3.63) is 0 Å². The molecule has 1 aliphatic carbocycles. The lowest BCUT2D eigenvalue weighted by molar-refractivity contribution is -0.134. The van der Waals surface area contributed by atoms with Gasteiger partial charge in [0.15, 0.2) is 0 Å². The molecule has 144 valence electrons. The van der Waals surface area contributed by atoms with Gasteiger partial charge in [-0.2, -0.15) is 0 Å². The average Bonchev–Trinajstić information content (AvgIpc) is 2.64. The molecule has 1 saturated carbocycles. The Morgan fingerprint density at radius 3 is 2.58 bits per heavy atom. The van der Waals surface area contributed by atoms with Crippen LogP contribution in [0, 0.1) is 17.3 Å². The van der Waals surface area contributed by atoms with Crippen LogP contribution in [0.15, 0.2) is 0 Å². The van der Waals surface area contributed by atoms with Crippen molar-refractivity contribution in [3.8, 4) is 0 Å². The highest BCUT2D eigenvalue weighted by atomic mass is 16.5. The molecule has 7 nitrogen and oxygen atoms in total. The van der Waals surface area contributed by atoms with Gasteiger partial charge in [-0.05, 0) is 49.4 Å². The molecule has 3 saturated heterocycles. The van der Waals surface area contributed by atoms with Gasteiger partial charge in [0, 0.05) is 52.2 Å². The molecular formula is C19H29N3O4. The molecule has 0 aromatic rings. The Morgan fingerprint density at radius 2 is 1.88 bits per heavy atom. The van der Waals surface area contributed by atoms with E-state index in [-0.39, 0.29) is 23.8 Å². The first-order valence-corrected chi connectivity index (χ1v) is 10.0. The van der Waals surface area contributed by atoms with Crippen molar-refractivity contribution >= 4 is 17.8 Å². The number of amides is 4. The van der Waals surface area contributed by atoms with Crippen molar-refractivity contribution < 1.29 is 19.1 Å². The molecule has 4 fully saturated rings. The maximum atomic E-state index is 12.9. The maximum Gasteiger partial charge on any atom is 0.326 e. The summed E-state index contributed by atoms with van der Waals surface area (Å²) in [7, 11) is 0. The van der Waals surface area contributed by atoms with Crippen LogP contribution in [0.4, 0.5) is 4.79 Å². The number of hydrogen-bond acceptors (Lipinski definition) is 4. The number of rotatable bonds is 4. The molecule has 0 radical (unpaired) electrons. The highest BCUT2D eigenvalue weighted by Crippen LogP contribution is 2.53. The van der Waals surface area contributed by atoms with E-state index in [4.69, 9.17) is 4.74 Å². The Bertz CT molecular complexity index is 587. The summed E-state index contributed by atoms with van der Waals surface area (Å²) in [4.78, 5) is 40.1. The fourth-order valence-corrected chi connectivity index (χ4v) is 5.10. The van der Waals surface area contributed by atoms with Crippen molar-refractivity contribution in [2.24, 2.45) is 17.3 Å². The molecule has 4 amide bonds. The van der Waals surface area contributed by atoms with Gasteiger partial charge in [0.2, 0.25) is 11.8 Å². The van der Waals surface area contributed by atoms with E-state index >= 15 is 0 Å². The van der Waals surface area contributed by atoms with E-state index in [1.807, 2.05) is 4.90 Å². The van der Waals surface area contributed by atoms with E-state index < -0.39 is 0 Å².